The Morgan fingerprint density at radius 1 is 1.69 bits per heavy atom. The van der Waals surface area contributed by atoms with E-state index in [2.05, 4.69) is 17.0 Å². The third-order valence-electron chi connectivity index (χ3n) is 2.79. The van der Waals surface area contributed by atoms with Crippen molar-refractivity contribution in [3.63, 3.8) is 0 Å². The second-order valence-corrected chi connectivity index (χ2v) is 4.31. The molecule has 0 saturated carbocycles. The standard InChI is InChI=1S/C11H21N5/c1-9(11(12)13)8-15(2)7-5-10-4-6-14-16(10)3/h4,6,9H,5,7-8H2,1-3H3,(H3,12,13). The van der Waals surface area contributed by atoms with Gasteiger partial charge in [-0.25, -0.2) is 0 Å². The number of rotatable bonds is 6. The summed E-state index contributed by atoms with van der Waals surface area (Å²) >= 11 is 0. The van der Waals surface area contributed by atoms with E-state index in [0.717, 1.165) is 19.5 Å². The predicted molar refractivity (Wildman–Crippen MR) is 65.5 cm³/mol. The van der Waals surface area contributed by atoms with E-state index in [1.807, 2.05) is 30.9 Å². The maximum atomic E-state index is 7.34. The number of aromatic nitrogens is 2. The molecular formula is C11H21N5. The van der Waals surface area contributed by atoms with Crippen LogP contribution in [0.15, 0.2) is 12.3 Å². The van der Waals surface area contributed by atoms with Crippen LogP contribution in [0.25, 0.3) is 0 Å². The molecule has 3 N–H and O–H groups in total. The van der Waals surface area contributed by atoms with Crippen molar-refractivity contribution in [3.05, 3.63) is 18.0 Å². The van der Waals surface area contributed by atoms with Gasteiger partial charge in [0.15, 0.2) is 0 Å². The van der Waals surface area contributed by atoms with Crippen molar-refractivity contribution in [2.45, 2.75) is 13.3 Å². The van der Waals surface area contributed by atoms with E-state index >= 15 is 0 Å². The number of amidine groups is 1. The van der Waals surface area contributed by atoms with Crippen LogP contribution in [0, 0.1) is 11.3 Å². The van der Waals surface area contributed by atoms with Gasteiger partial charge in [0.2, 0.25) is 0 Å². The van der Waals surface area contributed by atoms with Crippen molar-refractivity contribution in [1.82, 2.24) is 14.7 Å². The SMILES string of the molecule is CC(CN(C)CCc1ccnn1C)C(=N)N. The number of nitrogens with zero attached hydrogens (tertiary/aromatic N) is 3. The fraction of sp³-hybridized carbons (Fsp3) is 0.636. The van der Waals surface area contributed by atoms with E-state index in [0.29, 0.717) is 0 Å². The van der Waals surface area contributed by atoms with Gasteiger partial charge in [0.25, 0.3) is 0 Å². The molecule has 1 aromatic rings. The normalized spacial score (nSPS) is 13.0. The van der Waals surface area contributed by atoms with Crippen molar-refractivity contribution in [1.29, 1.82) is 5.41 Å². The van der Waals surface area contributed by atoms with Crippen molar-refractivity contribution < 1.29 is 0 Å². The van der Waals surface area contributed by atoms with Gasteiger partial charge in [-0.2, -0.15) is 5.10 Å². The largest absolute Gasteiger partial charge is 0.387 e. The first kappa shape index (κ1) is 12.7. The molecule has 16 heavy (non-hydrogen) atoms. The van der Waals surface area contributed by atoms with E-state index in [1.54, 1.807) is 0 Å². The molecule has 0 bridgehead atoms. The molecule has 1 aromatic heterocycles. The Bertz CT molecular complexity index is 344. The number of likely N-dealkylation sites (N-methyl/N-ethyl adjacent to an activating group) is 1. The third kappa shape index (κ3) is 3.66. The van der Waals surface area contributed by atoms with E-state index in [-0.39, 0.29) is 11.8 Å². The van der Waals surface area contributed by atoms with Crippen LogP contribution in [0.4, 0.5) is 0 Å². The van der Waals surface area contributed by atoms with Crippen LogP contribution in [-0.4, -0.2) is 40.7 Å². The molecule has 5 heteroatoms. The lowest BCUT2D eigenvalue weighted by atomic mass is 10.1. The molecule has 1 rings (SSSR count). The van der Waals surface area contributed by atoms with E-state index in [1.165, 1.54) is 5.69 Å². The van der Waals surface area contributed by atoms with Gasteiger partial charge in [-0.05, 0) is 13.1 Å². The van der Waals surface area contributed by atoms with E-state index in [4.69, 9.17) is 11.1 Å². The van der Waals surface area contributed by atoms with Gasteiger partial charge >= 0.3 is 0 Å². The molecule has 0 spiro atoms. The van der Waals surface area contributed by atoms with Gasteiger partial charge in [0, 0.05) is 44.4 Å². The highest BCUT2D eigenvalue weighted by Gasteiger charge is 2.09. The molecule has 0 aliphatic heterocycles. The second-order valence-electron chi connectivity index (χ2n) is 4.31. The molecule has 0 amide bonds. The number of nitrogens with one attached hydrogen (secondary N) is 1. The molecule has 0 aromatic carbocycles. The third-order valence-corrected chi connectivity index (χ3v) is 2.79. The molecule has 1 unspecified atom stereocenters. The van der Waals surface area contributed by atoms with Crippen LogP contribution >= 0.6 is 0 Å². The number of hydrogen-bond acceptors (Lipinski definition) is 3. The van der Waals surface area contributed by atoms with Gasteiger partial charge in [-0.1, -0.05) is 6.92 Å². The summed E-state index contributed by atoms with van der Waals surface area (Å²) < 4.78 is 1.89. The maximum Gasteiger partial charge on any atom is 0.0947 e. The fourth-order valence-corrected chi connectivity index (χ4v) is 1.61. The number of aryl methyl sites for hydroxylation is 1. The van der Waals surface area contributed by atoms with Crippen LogP contribution in [0.3, 0.4) is 0 Å². The van der Waals surface area contributed by atoms with Gasteiger partial charge in [-0.3, -0.25) is 10.1 Å². The molecule has 0 fully saturated rings. The smallest absolute Gasteiger partial charge is 0.0947 e. The van der Waals surface area contributed by atoms with Crippen molar-refractivity contribution in [2.24, 2.45) is 18.7 Å². The first-order chi connectivity index (χ1) is 7.50. The second kappa shape index (κ2) is 5.65. The van der Waals surface area contributed by atoms with Crippen molar-refractivity contribution >= 4 is 5.84 Å². The van der Waals surface area contributed by atoms with Crippen molar-refractivity contribution in [2.75, 3.05) is 20.1 Å². The van der Waals surface area contributed by atoms with Crippen LogP contribution in [-0.2, 0) is 13.5 Å². The lowest BCUT2D eigenvalue weighted by Gasteiger charge is -2.20. The summed E-state index contributed by atoms with van der Waals surface area (Å²) in [6.07, 6.45) is 2.78. The molecule has 0 radical (unpaired) electrons. The Kier molecular flexibility index (Phi) is 4.49. The van der Waals surface area contributed by atoms with E-state index in [9.17, 15) is 0 Å². The highest BCUT2D eigenvalue weighted by Crippen LogP contribution is 2.01. The van der Waals surface area contributed by atoms with Crippen LogP contribution in [0.2, 0.25) is 0 Å². The zero-order chi connectivity index (χ0) is 12.1. The monoisotopic (exact) mass is 223 g/mol. The minimum Gasteiger partial charge on any atom is -0.387 e. The quantitative estimate of drug-likeness (QED) is 0.544. The summed E-state index contributed by atoms with van der Waals surface area (Å²) in [7, 11) is 4.00. The first-order valence-electron chi connectivity index (χ1n) is 5.50. The van der Waals surface area contributed by atoms with Gasteiger partial charge in [-0.15, -0.1) is 0 Å². The highest BCUT2D eigenvalue weighted by molar-refractivity contribution is 5.79. The van der Waals surface area contributed by atoms with Gasteiger partial charge < -0.3 is 10.6 Å². The zero-order valence-electron chi connectivity index (χ0n) is 10.3. The summed E-state index contributed by atoms with van der Waals surface area (Å²) in [4.78, 5) is 2.19. The molecule has 90 valence electrons. The zero-order valence-corrected chi connectivity index (χ0v) is 10.3. The lowest BCUT2D eigenvalue weighted by Crippen LogP contribution is -2.33. The minimum atomic E-state index is 0.122. The Hall–Kier alpha value is -1.36. The molecule has 0 saturated heterocycles. The summed E-state index contributed by atoms with van der Waals surface area (Å²) in [5, 5.41) is 11.5. The predicted octanol–water partition coefficient (Wildman–Crippen LogP) is 0.466. The van der Waals surface area contributed by atoms with Crippen LogP contribution in [0.5, 0.6) is 0 Å². The lowest BCUT2D eigenvalue weighted by molar-refractivity contribution is 0.315. The molecule has 1 atom stereocenters. The molecular weight excluding hydrogens is 202 g/mol. The Morgan fingerprint density at radius 2 is 2.38 bits per heavy atom. The van der Waals surface area contributed by atoms with Crippen molar-refractivity contribution in [3.8, 4) is 0 Å². The van der Waals surface area contributed by atoms with Gasteiger partial charge in [0.05, 0.1) is 5.84 Å². The summed E-state index contributed by atoms with van der Waals surface area (Å²) in [6.45, 7) is 3.76. The topological polar surface area (TPSA) is 70.9 Å². The average Bonchev–Trinajstić information content (AvgIpc) is 2.61. The van der Waals surface area contributed by atoms with Crippen LogP contribution < -0.4 is 5.73 Å². The first-order valence-corrected chi connectivity index (χ1v) is 5.50. The summed E-state index contributed by atoms with van der Waals surface area (Å²) in [5.74, 6) is 0.379. The Morgan fingerprint density at radius 3 is 2.88 bits per heavy atom. The number of nitrogens with two attached hydrogens (primary N) is 1. The molecule has 0 aliphatic carbocycles. The highest BCUT2D eigenvalue weighted by atomic mass is 15.3. The van der Waals surface area contributed by atoms with Gasteiger partial charge in [0.1, 0.15) is 0 Å². The summed E-state index contributed by atoms with van der Waals surface area (Å²) in [6, 6.07) is 2.03. The minimum absolute atomic E-state index is 0.122. The average molecular weight is 223 g/mol. The Labute approximate surface area is 96.7 Å². The Balaban J connectivity index is 2.33. The van der Waals surface area contributed by atoms with Crippen LogP contribution in [0.1, 0.15) is 12.6 Å². The molecule has 0 aliphatic rings. The van der Waals surface area contributed by atoms with E-state index < -0.39 is 0 Å². The summed E-state index contributed by atoms with van der Waals surface area (Å²) in [5.41, 5.74) is 6.67. The number of hydrogen-bond donors (Lipinski definition) is 2. The molecule has 5 nitrogen and oxygen atoms in total. The molecule has 1 heterocycles. The maximum absolute atomic E-state index is 7.34. The fourth-order valence-electron chi connectivity index (χ4n) is 1.61.